The Morgan fingerprint density at radius 1 is 1.27 bits per heavy atom. The topological polar surface area (TPSA) is 51.2 Å². The van der Waals surface area contributed by atoms with Crippen molar-refractivity contribution in [3.05, 3.63) is 23.3 Å². The van der Waals surface area contributed by atoms with E-state index in [0.717, 1.165) is 0 Å². The number of hydrogen-bond acceptors (Lipinski definition) is 3. The summed E-state index contributed by atoms with van der Waals surface area (Å²) in [5.74, 6) is -1.34. The van der Waals surface area contributed by atoms with Gasteiger partial charge in [0.25, 0.3) is 0 Å². The van der Waals surface area contributed by atoms with Crippen molar-refractivity contribution in [3.63, 3.8) is 0 Å². The van der Waals surface area contributed by atoms with E-state index >= 15 is 0 Å². The smallest absolute Gasteiger partial charge is 0.236 e. The van der Waals surface area contributed by atoms with Crippen LogP contribution in [0.3, 0.4) is 0 Å². The van der Waals surface area contributed by atoms with Gasteiger partial charge in [0.2, 0.25) is 11.6 Å². The van der Waals surface area contributed by atoms with Crippen LogP contribution in [0.4, 0.5) is 0 Å². The van der Waals surface area contributed by atoms with Crippen LogP contribution in [-0.2, 0) is 14.4 Å². The summed E-state index contributed by atoms with van der Waals surface area (Å²) < 4.78 is 0. The number of rotatable bonds is 1. The Hall–Kier alpha value is -1.51. The second-order valence-electron chi connectivity index (χ2n) is 2.24. The van der Waals surface area contributed by atoms with Gasteiger partial charge in [0.15, 0.2) is 6.29 Å². The zero-order chi connectivity index (χ0) is 8.43. The highest BCUT2D eigenvalue weighted by molar-refractivity contribution is 6.52. The molecule has 0 amide bonds. The number of carbonyl (C=O) groups is 3. The molecule has 3 heteroatoms. The molecular formula is C8H6O3. The summed E-state index contributed by atoms with van der Waals surface area (Å²) in [6, 6.07) is 0. The summed E-state index contributed by atoms with van der Waals surface area (Å²) in [6.07, 6.45) is 3.05. The minimum atomic E-state index is -0.708. The van der Waals surface area contributed by atoms with Crippen molar-refractivity contribution in [3.8, 4) is 0 Å². The van der Waals surface area contributed by atoms with Crippen LogP contribution in [-0.4, -0.2) is 17.9 Å². The van der Waals surface area contributed by atoms with Gasteiger partial charge in [-0.1, -0.05) is 6.08 Å². The number of hydrogen-bond donors (Lipinski definition) is 0. The van der Waals surface area contributed by atoms with E-state index in [0.29, 0.717) is 11.9 Å². The Morgan fingerprint density at radius 3 is 2.36 bits per heavy atom. The minimum Gasteiger partial charge on any atom is -0.298 e. The summed E-state index contributed by atoms with van der Waals surface area (Å²) >= 11 is 0. The highest BCUT2D eigenvalue weighted by Crippen LogP contribution is 2.10. The molecule has 0 aromatic heterocycles. The van der Waals surface area contributed by atoms with Crippen LogP contribution in [0.1, 0.15) is 6.92 Å². The second kappa shape index (κ2) is 2.62. The summed E-state index contributed by atoms with van der Waals surface area (Å²) in [5.41, 5.74) is 0.516. The number of aldehydes is 1. The molecule has 0 radical (unpaired) electrons. The fourth-order valence-electron chi connectivity index (χ4n) is 0.824. The summed E-state index contributed by atoms with van der Waals surface area (Å²) in [7, 11) is 0. The van der Waals surface area contributed by atoms with Crippen molar-refractivity contribution < 1.29 is 14.4 Å². The third kappa shape index (κ3) is 1.17. The first-order valence-electron chi connectivity index (χ1n) is 3.09. The lowest BCUT2D eigenvalue weighted by Gasteiger charge is -2.03. The largest absolute Gasteiger partial charge is 0.298 e. The summed E-state index contributed by atoms with van der Waals surface area (Å²) in [6.45, 7) is 1.62. The molecule has 0 aliphatic heterocycles. The normalized spacial score (nSPS) is 17.5. The molecule has 1 aliphatic rings. The Kier molecular flexibility index (Phi) is 1.81. The van der Waals surface area contributed by atoms with Gasteiger partial charge in [0, 0.05) is 0 Å². The van der Waals surface area contributed by atoms with Crippen molar-refractivity contribution >= 4 is 17.9 Å². The van der Waals surface area contributed by atoms with Gasteiger partial charge in [-0.05, 0) is 18.6 Å². The van der Waals surface area contributed by atoms with E-state index < -0.39 is 11.6 Å². The molecule has 0 fully saturated rings. The van der Waals surface area contributed by atoms with Crippen LogP contribution in [0.15, 0.2) is 23.3 Å². The van der Waals surface area contributed by atoms with Crippen LogP contribution in [0.2, 0.25) is 0 Å². The number of Topliss-reactive ketones (excluding diaryl/α,β-unsaturated/α-hetero) is 1. The lowest BCUT2D eigenvalue weighted by molar-refractivity contribution is -0.132. The third-order valence-electron chi connectivity index (χ3n) is 1.50. The van der Waals surface area contributed by atoms with Crippen molar-refractivity contribution in [1.82, 2.24) is 0 Å². The van der Waals surface area contributed by atoms with Crippen molar-refractivity contribution in [1.29, 1.82) is 0 Å². The van der Waals surface area contributed by atoms with Gasteiger partial charge in [-0.15, -0.1) is 0 Å². The average molecular weight is 150 g/mol. The number of ketones is 2. The molecule has 56 valence electrons. The van der Waals surface area contributed by atoms with Crippen molar-refractivity contribution in [2.24, 2.45) is 0 Å². The summed E-state index contributed by atoms with van der Waals surface area (Å²) in [5, 5.41) is 0. The van der Waals surface area contributed by atoms with E-state index in [2.05, 4.69) is 0 Å². The van der Waals surface area contributed by atoms with E-state index in [-0.39, 0.29) is 5.57 Å². The SMILES string of the molecule is CC1=C(C=O)C(=O)C(=O)C=C1. The molecular weight excluding hydrogens is 144 g/mol. The maximum Gasteiger partial charge on any atom is 0.236 e. The van der Waals surface area contributed by atoms with Gasteiger partial charge in [-0.3, -0.25) is 14.4 Å². The lowest BCUT2D eigenvalue weighted by Crippen LogP contribution is -2.18. The Labute approximate surface area is 63.4 Å². The highest BCUT2D eigenvalue weighted by atomic mass is 16.2. The average Bonchev–Trinajstić information content (AvgIpc) is 1.99. The number of carbonyl (C=O) groups excluding carboxylic acids is 3. The Balaban J connectivity index is 3.19. The van der Waals surface area contributed by atoms with Gasteiger partial charge in [0.1, 0.15) is 0 Å². The van der Waals surface area contributed by atoms with Crippen LogP contribution < -0.4 is 0 Å². The molecule has 0 unspecified atom stereocenters. The first-order chi connectivity index (χ1) is 5.16. The van der Waals surface area contributed by atoms with E-state index in [1.54, 1.807) is 6.92 Å². The van der Waals surface area contributed by atoms with E-state index in [1.165, 1.54) is 12.2 Å². The first-order valence-corrected chi connectivity index (χ1v) is 3.09. The van der Waals surface area contributed by atoms with Gasteiger partial charge < -0.3 is 0 Å². The zero-order valence-electron chi connectivity index (χ0n) is 5.96. The maximum atomic E-state index is 10.9. The standard InChI is InChI=1S/C8H6O3/c1-5-2-3-7(10)8(11)6(5)4-9/h2-4H,1H3. The molecule has 11 heavy (non-hydrogen) atoms. The van der Waals surface area contributed by atoms with E-state index in [1.807, 2.05) is 0 Å². The molecule has 0 bridgehead atoms. The molecule has 0 saturated heterocycles. The summed E-state index contributed by atoms with van der Waals surface area (Å²) in [4.78, 5) is 31.8. The molecule has 0 aromatic carbocycles. The second-order valence-corrected chi connectivity index (χ2v) is 2.24. The van der Waals surface area contributed by atoms with Gasteiger partial charge >= 0.3 is 0 Å². The highest BCUT2D eigenvalue weighted by Gasteiger charge is 2.20. The molecule has 1 aliphatic carbocycles. The molecule has 0 N–H and O–H groups in total. The first kappa shape index (κ1) is 7.60. The van der Waals surface area contributed by atoms with Gasteiger partial charge in [-0.25, -0.2) is 0 Å². The van der Waals surface area contributed by atoms with Gasteiger partial charge in [0.05, 0.1) is 5.57 Å². The minimum absolute atomic E-state index is 0.0301. The Morgan fingerprint density at radius 2 is 1.91 bits per heavy atom. The molecule has 1 rings (SSSR count). The molecule has 0 atom stereocenters. The van der Waals surface area contributed by atoms with E-state index in [9.17, 15) is 14.4 Å². The van der Waals surface area contributed by atoms with Crippen LogP contribution >= 0.6 is 0 Å². The predicted molar refractivity (Wildman–Crippen MR) is 37.9 cm³/mol. The Bertz CT molecular complexity index is 294. The lowest BCUT2D eigenvalue weighted by atomic mass is 9.98. The molecule has 3 nitrogen and oxygen atoms in total. The molecule has 0 saturated carbocycles. The van der Waals surface area contributed by atoms with E-state index in [4.69, 9.17) is 0 Å². The van der Waals surface area contributed by atoms with Crippen LogP contribution in [0, 0.1) is 0 Å². The van der Waals surface area contributed by atoms with Crippen LogP contribution in [0.5, 0.6) is 0 Å². The van der Waals surface area contributed by atoms with Crippen molar-refractivity contribution in [2.45, 2.75) is 6.92 Å². The fourth-order valence-corrected chi connectivity index (χ4v) is 0.824. The van der Waals surface area contributed by atoms with Crippen LogP contribution in [0.25, 0.3) is 0 Å². The maximum absolute atomic E-state index is 10.9. The van der Waals surface area contributed by atoms with Crippen molar-refractivity contribution in [2.75, 3.05) is 0 Å². The monoisotopic (exact) mass is 150 g/mol. The molecule has 0 aromatic rings. The quantitative estimate of drug-likeness (QED) is 0.232. The third-order valence-corrected chi connectivity index (χ3v) is 1.50. The zero-order valence-corrected chi connectivity index (χ0v) is 5.96. The fraction of sp³-hybridized carbons (Fsp3) is 0.125. The van der Waals surface area contributed by atoms with Gasteiger partial charge in [-0.2, -0.15) is 0 Å². The predicted octanol–water partition coefficient (Wildman–Crippen LogP) is 0.210. The number of allylic oxidation sites excluding steroid dienone is 4. The molecule has 0 heterocycles. The molecule has 0 spiro atoms.